The summed E-state index contributed by atoms with van der Waals surface area (Å²) in [6.07, 6.45) is 4.44. The molecule has 2 aliphatic heterocycles. The summed E-state index contributed by atoms with van der Waals surface area (Å²) in [6.45, 7) is 11.4. The van der Waals surface area contributed by atoms with E-state index in [1.165, 1.54) is 17.2 Å². The molecule has 0 aromatic heterocycles. The number of ketones is 1. The van der Waals surface area contributed by atoms with E-state index in [2.05, 4.69) is 39.2 Å². The molecule has 10 heteroatoms. The quantitative estimate of drug-likeness (QED) is 0.297. The van der Waals surface area contributed by atoms with Crippen molar-refractivity contribution in [2.24, 2.45) is 5.73 Å². The standard InChI is InChI=1S/C24H37N3O5SSi/c1-23(2,3)34(5,6)31-15-19-18(30-16-33-4)14-20(32-19)27-13-12-24(25,26-22(27)29)21(28)17-10-8-7-9-11-17/h7-13,18-20H,14-16,25H2,1-6H3,(H,26,29)/t18-,19+,20+,24?/m0/s1. The summed E-state index contributed by atoms with van der Waals surface area (Å²) in [5.74, 6) is 0.142. The molecule has 1 aromatic rings. The highest BCUT2D eigenvalue weighted by molar-refractivity contribution is 7.98. The number of amides is 2. The normalized spacial score (nSPS) is 27.7. The number of rotatable bonds is 9. The maximum atomic E-state index is 13.0. The van der Waals surface area contributed by atoms with Gasteiger partial charge in [-0.25, -0.2) is 4.79 Å². The first kappa shape index (κ1) is 26.9. The second-order valence-electron chi connectivity index (χ2n) is 10.3. The minimum Gasteiger partial charge on any atom is -0.414 e. The van der Waals surface area contributed by atoms with Gasteiger partial charge in [-0.05, 0) is 30.5 Å². The van der Waals surface area contributed by atoms with Crippen molar-refractivity contribution in [3.8, 4) is 0 Å². The van der Waals surface area contributed by atoms with Crippen molar-refractivity contribution in [3.05, 3.63) is 48.2 Å². The van der Waals surface area contributed by atoms with Crippen LogP contribution in [0.4, 0.5) is 4.79 Å². The average Bonchev–Trinajstić information content (AvgIpc) is 3.18. The van der Waals surface area contributed by atoms with Crippen LogP contribution < -0.4 is 11.1 Å². The van der Waals surface area contributed by atoms with Gasteiger partial charge in [0.15, 0.2) is 14.0 Å². The minimum absolute atomic E-state index is 0.0753. The summed E-state index contributed by atoms with van der Waals surface area (Å²) in [7, 11) is -1.97. The first-order chi connectivity index (χ1) is 15.9. The predicted molar refractivity (Wildman–Crippen MR) is 137 cm³/mol. The van der Waals surface area contributed by atoms with E-state index in [0.29, 0.717) is 24.5 Å². The van der Waals surface area contributed by atoms with Crippen LogP contribution in [0, 0.1) is 0 Å². The van der Waals surface area contributed by atoms with E-state index >= 15 is 0 Å². The molecule has 2 amide bonds. The van der Waals surface area contributed by atoms with E-state index < -0.39 is 26.2 Å². The lowest BCUT2D eigenvalue weighted by atomic mass is 9.97. The van der Waals surface area contributed by atoms with E-state index in [0.717, 1.165) is 0 Å². The molecule has 3 N–H and O–H groups in total. The molecular weight excluding hydrogens is 470 g/mol. The predicted octanol–water partition coefficient (Wildman–Crippen LogP) is 3.91. The van der Waals surface area contributed by atoms with Crippen molar-refractivity contribution in [2.75, 3.05) is 18.8 Å². The first-order valence-electron chi connectivity index (χ1n) is 11.5. The summed E-state index contributed by atoms with van der Waals surface area (Å²) >= 11 is 1.59. The van der Waals surface area contributed by atoms with Gasteiger partial charge in [0.2, 0.25) is 5.78 Å². The summed E-state index contributed by atoms with van der Waals surface area (Å²) in [4.78, 5) is 27.3. The van der Waals surface area contributed by atoms with Crippen molar-refractivity contribution in [2.45, 2.75) is 69.4 Å². The summed E-state index contributed by atoms with van der Waals surface area (Å²) in [6, 6.07) is 8.17. The number of carbonyl (C=O) groups excluding carboxylic acids is 2. The summed E-state index contributed by atoms with van der Waals surface area (Å²) in [5, 5.41) is 2.72. The van der Waals surface area contributed by atoms with E-state index in [1.54, 1.807) is 36.0 Å². The van der Waals surface area contributed by atoms with Gasteiger partial charge in [0.05, 0.1) is 18.6 Å². The molecule has 8 nitrogen and oxygen atoms in total. The number of nitrogens with zero attached hydrogens (tertiary/aromatic N) is 1. The topological polar surface area (TPSA) is 103 Å². The molecule has 1 fully saturated rings. The Morgan fingerprint density at radius 2 is 2.00 bits per heavy atom. The molecule has 2 heterocycles. The highest BCUT2D eigenvalue weighted by atomic mass is 32.2. The third-order valence-corrected chi connectivity index (χ3v) is 11.6. The summed E-state index contributed by atoms with van der Waals surface area (Å²) < 4.78 is 18.7. The Bertz CT molecular complexity index is 908. The minimum atomic E-state index is -1.97. The van der Waals surface area contributed by atoms with E-state index in [-0.39, 0.29) is 23.0 Å². The SMILES string of the molecule is CSCO[C@H]1C[C@H](N2C=CC(N)(C(=O)c3ccccc3)NC2=O)O[C@@H]1CO[Si](C)(C)C(C)(C)C. The molecule has 1 aromatic carbocycles. The van der Waals surface area contributed by atoms with Gasteiger partial charge in [-0.15, -0.1) is 11.8 Å². The number of urea groups is 1. The molecule has 34 heavy (non-hydrogen) atoms. The lowest BCUT2D eigenvalue weighted by Crippen LogP contribution is -2.65. The number of thioether (sulfide) groups is 1. The smallest absolute Gasteiger partial charge is 0.325 e. The number of hydrogen-bond donors (Lipinski definition) is 2. The molecule has 1 unspecified atom stereocenters. The van der Waals surface area contributed by atoms with Crippen molar-refractivity contribution in [1.29, 1.82) is 0 Å². The average molecular weight is 508 g/mol. The Balaban J connectivity index is 1.72. The zero-order chi connectivity index (χ0) is 25.1. The molecule has 2 aliphatic rings. The lowest BCUT2D eigenvalue weighted by molar-refractivity contribution is -0.0599. The Kier molecular flexibility index (Phi) is 8.32. The molecule has 0 aliphatic carbocycles. The highest BCUT2D eigenvalue weighted by Gasteiger charge is 2.46. The van der Waals surface area contributed by atoms with Crippen LogP contribution in [0.3, 0.4) is 0 Å². The van der Waals surface area contributed by atoms with Crippen molar-refractivity contribution in [1.82, 2.24) is 10.2 Å². The van der Waals surface area contributed by atoms with Crippen LogP contribution in [0.5, 0.6) is 0 Å². The number of Topliss-reactive ketones (excluding diaryl/α,β-unsaturated/α-hetero) is 1. The van der Waals surface area contributed by atoms with Gasteiger partial charge in [0.1, 0.15) is 12.3 Å². The van der Waals surface area contributed by atoms with Crippen LogP contribution >= 0.6 is 11.8 Å². The number of nitrogens with two attached hydrogens (primary N) is 1. The zero-order valence-corrected chi connectivity index (χ0v) is 22.7. The van der Waals surface area contributed by atoms with Gasteiger partial charge in [0, 0.05) is 18.2 Å². The van der Waals surface area contributed by atoms with Gasteiger partial charge in [-0.3, -0.25) is 15.4 Å². The molecule has 0 bridgehead atoms. The molecule has 1 saturated heterocycles. The van der Waals surface area contributed by atoms with Crippen LogP contribution in [0.1, 0.15) is 37.6 Å². The van der Waals surface area contributed by atoms with Crippen LogP contribution in [0.25, 0.3) is 0 Å². The molecule has 0 spiro atoms. The third-order valence-electron chi connectivity index (χ3n) is 6.76. The zero-order valence-electron chi connectivity index (χ0n) is 20.9. The number of benzene rings is 1. The fraction of sp³-hybridized carbons (Fsp3) is 0.583. The van der Waals surface area contributed by atoms with Crippen LogP contribution in [0.2, 0.25) is 18.1 Å². The van der Waals surface area contributed by atoms with Gasteiger partial charge in [-0.2, -0.15) is 0 Å². The van der Waals surface area contributed by atoms with E-state index in [1.807, 2.05) is 12.3 Å². The maximum absolute atomic E-state index is 13.0. The van der Waals surface area contributed by atoms with Crippen molar-refractivity contribution in [3.63, 3.8) is 0 Å². The Labute approximate surface area is 207 Å². The van der Waals surface area contributed by atoms with Crippen molar-refractivity contribution >= 4 is 31.9 Å². The largest absolute Gasteiger partial charge is 0.414 e. The third kappa shape index (κ3) is 5.92. The number of ether oxygens (including phenoxy) is 2. The van der Waals surface area contributed by atoms with Crippen LogP contribution in [0.15, 0.2) is 42.6 Å². The van der Waals surface area contributed by atoms with E-state index in [4.69, 9.17) is 19.6 Å². The monoisotopic (exact) mass is 507 g/mol. The first-order valence-corrected chi connectivity index (χ1v) is 15.8. The van der Waals surface area contributed by atoms with E-state index in [9.17, 15) is 9.59 Å². The molecular formula is C24H37N3O5SSi. The van der Waals surface area contributed by atoms with Gasteiger partial charge in [0.25, 0.3) is 0 Å². The van der Waals surface area contributed by atoms with Crippen LogP contribution in [-0.4, -0.2) is 67.9 Å². The molecule has 3 rings (SSSR count). The number of hydrogen-bond acceptors (Lipinski definition) is 7. The van der Waals surface area contributed by atoms with Crippen LogP contribution in [-0.2, 0) is 13.9 Å². The molecule has 0 radical (unpaired) electrons. The Morgan fingerprint density at radius 1 is 1.32 bits per heavy atom. The number of carbonyl (C=O) groups is 2. The maximum Gasteiger partial charge on any atom is 0.325 e. The second-order valence-corrected chi connectivity index (χ2v) is 15.9. The molecule has 0 saturated carbocycles. The lowest BCUT2D eigenvalue weighted by Gasteiger charge is -2.37. The van der Waals surface area contributed by atoms with Crippen molar-refractivity contribution < 1.29 is 23.5 Å². The highest BCUT2D eigenvalue weighted by Crippen LogP contribution is 2.37. The fourth-order valence-electron chi connectivity index (χ4n) is 3.60. The fourth-order valence-corrected chi connectivity index (χ4v) is 4.92. The second kappa shape index (κ2) is 10.5. The number of nitrogens with one attached hydrogen (secondary N) is 1. The molecule has 4 atom stereocenters. The Morgan fingerprint density at radius 3 is 2.59 bits per heavy atom. The molecule has 188 valence electrons. The Hall–Kier alpha value is -1.69. The van der Waals surface area contributed by atoms with Gasteiger partial charge >= 0.3 is 6.03 Å². The van der Waals surface area contributed by atoms with Gasteiger partial charge < -0.3 is 19.2 Å². The van der Waals surface area contributed by atoms with Gasteiger partial charge in [-0.1, -0.05) is 51.1 Å². The summed E-state index contributed by atoms with van der Waals surface area (Å²) in [5.41, 5.74) is 5.07.